The molecule has 0 aliphatic rings. The van der Waals surface area contributed by atoms with E-state index in [9.17, 15) is 0 Å². The molecular formula is C25H17NO. The van der Waals surface area contributed by atoms with Gasteiger partial charge in [0.2, 0.25) is 0 Å². The molecule has 0 fully saturated rings. The monoisotopic (exact) mass is 347 g/mol. The first kappa shape index (κ1) is 15.6. The normalized spacial score (nSPS) is 11.0. The smallest absolute Gasteiger partial charge is 0.135 e. The maximum Gasteiger partial charge on any atom is 0.135 e. The van der Waals surface area contributed by atoms with Crippen LogP contribution in [-0.2, 0) is 0 Å². The van der Waals surface area contributed by atoms with Crippen molar-refractivity contribution in [1.82, 2.24) is 4.98 Å². The molecular weight excluding hydrogens is 330 g/mol. The highest BCUT2D eigenvalue weighted by atomic mass is 16.3. The van der Waals surface area contributed by atoms with Crippen molar-refractivity contribution in [1.29, 1.82) is 0 Å². The van der Waals surface area contributed by atoms with E-state index in [1.54, 1.807) is 0 Å². The third kappa shape index (κ3) is 3.02. The SMILES string of the molecule is c1ccc(-c2ccc3cc(-c4cccc(-c5ccccn5)c4)oc3c2)cc1. The van der Waals surface area contributed by atoms with Gasteiger partial charge in [0.15, 0.2) is 0 Å². The minimum Gasteiger partial charge on any atom is -0.456 e. The summed E-state index contributed by atoms with van der Waals surface area (Å²) in [5.41, 5.74) is 6.34. The van der Waals surface area contributed by atoms with Crippen molar-refractivity contribution in [3.8, 4) is 33.7 Å². The zero-order chi connectivity index (χ0) is 18.1. The first-order valence-corrected chi connectivity index (χ1v) is 8.98. The molecule has 0 amide bonds. The lowest BCUT2D eigenvalue weighted by Crippen LogP contribution is -1.82. The highest BCUT2D eigenvalue weighted by Crippen LogP contribution is 2.32. The molecule has 0 spiro atoms. The van der Waals surface area contributed by atoms with Crippen LogP contribution in [0, 0.1) is 0 Å². The fourth-order valence-corrected chi connectivity index (χ4v) is 3.35. The van der Waals surface area contributed by atoms with Gasteiger partial charge in [-0.05, 0) is 41.5 Å². The van der Waals surface area contributed by atoms with E-state index in [-0.39, 0.29) is 0 Å². The van der Waals surface area contributed by atoms with Crippen molar-refractivity contribution in [2.45, 2.75) is 0 Å². The Morgan fingerprint density at radius 3 is 2.22 bits per heavy atom. The second-order valence-electron chi connectivity index (χ2n) is 6.53. The molecule has 0 saturated heterocycles. The summed E-state index contributed by atoms with van der Waals surface area (Å²) >= 11 is 0. The number of rotatable bonds is 3. The average Bonchev–Trinajstić information content (AvgIpc) is 3.19. The summed E-state index contributed by atoms with van der Waals surface area (Å²) < 4.78 is 6.19. The van der Waals surface area contributed by atoms with Crippen molar-refractivity contribution in [3.63, 3.8) is 0 Å². The molecule has 0 aliphatic heterocycles. The van der Waals surface area contributed by atoms with E-state index in [4.69, 9.17) is 4.42 Å². The van der Waals surface area contributed by atoms with Crippen LogP contribution >= 0.6 is 0 Å². The summed E-state index contributed by atoms with van der Waals surface area (Å²) in [6.45, 7) is 0. The predicted octanol–water partition coefficient (Wildman–Crippen LogP) is 6.83. The predicted molar refractivity (Wildman–Crippen MR) is 110 cm³/mol. The minimum atomic E-state index is 0.869. The lowest BCUT2D eigenvalue weighted by molar-refractivity contribution is 0.632. The summed E-state index contributed by atoms with van der Waals surface area (Å²) in [6, 6.07) is 33.1. The van der Waals surface area contributed by atoms with Crippen LogP contribution in [0.15, 0.2) is 108 Å². The highest BCUT2D eigenvalue weighted by Gasteiger charge is 2.09. The van der Waals surface area contributed by atoms with E-state index in [0.717, 1.165) is 39.1 Å². The molecule has 27 heavy (non-hydrogen) atoms. The van der Waals surface area contributed by atoms with Crippen molar-refractivity contribution >= 4 is 11.0 Å². The summed E-state index contributed by atoms with van der Waals surface area (Å²) in [4.78, 5) is 4.44. The van der Waals surface area contributed by atoms with Gasteiger partial charge in [-0.1, -0.05) is 66.7 Å². The second-order valence-corrected chi connectivity index (χ2v) is 6.53. The molecule has 2 heteroatoms. The van der Waals surface area contributed by atoms with Gasteiger partial charge in [-0.25, -0.2) is 0 Å². The van der Waals surface area contributed by atoms with Gasteiger partial charge in [0.25, 0.3) is 0 Å². The maximum atomic E-state index is 6.19. The molecule has 0 unspecified atom stereocenters. The van der Waals surface area contributed by atoms with Crippen LogP contribution in [0.1, 0.15) is 0 Å². The van der Waals surface area contributed by atoms with Gasteiger partial charge in [-0.3, -0.25) is 4.98 Å². The van der Waals surface area contributed by atoms with Crippen molar-refractivity contribution in [2.24, 2.45) is 0 Å². The summed E-state index contributed by atoms with van der Waals surface area (Å²) in [5, 5.41) is 1.10. The Morgan fingerprint density at radius 2 is 1.37 bits per heavy atom. The van der Waals surface area contributed by atoms with E-state index < -0.39 is 0 Å². The number of nitrogens with zero attached hydrogens (tertiary/aromatic N) is 1. The van der Waals surface area contributed by atoms with Crippen LogP contribution in [0.2, 0.25) is 0 Å². The number of fused-ring (bicyclic) bond motifs is 1. The highest BCUT2D eigenvalue weighted by molar-refractivity contribution is 5.87. The zero-order valence-electron chi connectivity index (χ0n) is 14.7. The van der Waals surface area contributed by atoms with E-state index in [1.165, 1.54) is 5.56 Å². The van der Waals surface area contributed by atoms with Crippen LogP contribution in [0.4, 0.5) is 0 Å². The molecule has 0 N–H and O–H groups in total. The molecule has 0 radical (unpaired) electrons. The molecule has 3 aromatic carbocycles. The quantitative estimate of drug-likeness (QED) is 0.357. The Balaban J connectivity index is 1.56. The first-order valence-electron chi connectivity index (χ1n) is 8.98. The van der Waals surface area contributed by atoms with Gasteiger partial charge in [0.05, 0.1) is 5.69 Å². The van der Waals surface area contributed by atoms with Gasteiger partial charge >= 0.3 is 0 Å². The maximum absolute atomic E-state index is 6.19. The first-order chi connectivity index (χ1) is 13.4. The van der Waals surface area contributed by atoms with E-state index >= 15 is 0 Å². The Kier molecular flexibility index (Phi) is 3.80. The zero-order valence-corrected chi connectivity index (χ0v) is 14.7. The van der Waals surface area contributed by atoms with E-state index in [1.807, 2.05) is 36.5 Å². The van der Waals surface area contributed by atoms with E-state index in [2.05, 4.69) is 71.7 Å². The van der Waals surface area contributed by atoms with Crippen LogP contribution in [0.25, 0.3) is 44.7 Å². The molecule has 0 atom stereocenters. The number of hydrogen-bond donors (Lipinski definition) is 0. The minimum absolute atomic E-state index is 0.869. The van der Waals surface area contributed by atoms with Gasteiger partial charge in [0.1, 0.15) is 11.3 Å². The van der Waals surface area contributed by atoms with Gasteiger partial charge in [-0.15, -0.1) is 0 Å². The Hall–Kier alpha value is -3.65. The number of benzene rings is 3. The van der Waals surface area contributed by atoms with Crippen molar-refractivity contribution in [2.75, 3.05) is 0 Å². The summed E-state index contributed by atoms with van der Waals surface area (Å²) in [5.74, 6) is 0.869. The number of aromatic nitrogens is 1. The molecule has 5 rings (SSSR count). The second kappa shape index (κ2) is 6.58. The summed E-state index contributed by atoms with van der Waals surface area (Å²) in [6.07, 6.45) is 1.81. The van der Waals surface area contributed by atoms with Crippen molar-refractivity contribution in [3.05, 3.63) is 103 Å². The fraction of sp³-hybridized carbons (Fsp3) is 0. The molecule has 0 aliphatic carbocycles. The number of hydrogen-bond acceptors (Lipinski definition) is 2. The average molecular weight is 347 g/mol. The number of pyridine rings is 1. The molecule has 0 saturated carbocycles. The molecule has 2 aromatic heterocycles. The van der Waals surface area contributed by atoms with Gasteiger partial charge < -0.3 is 4.42 Å². The fourth-order valence-electron chi connectivity index (χ4n) is 3.35. The molecule has 0 bridgehead atoms. The summed E-state index contributed by atoms with van der Waals surface area (Å²) in [7, 11) is 0. The third-order valence-electron chi connectivity index (χ3n) is 4.73. The molecule has 2 nitrogen and oxygen atoms in total. The Labute approximate surface area is 157 Å². The lowest BCUT2D eigenvalue weighted by atomic mass is 10.0. The van der Waals surface area contributed by atoms with Gasteiger partial charge in [-0.2, -0.15) is 0 Å². The third-order valence-corrected chi connectivity index (χ3v) is 4.73. The molecule has 128 valence electrons. The number of furan rings is 1. The Bertz CT molecular complexity index is 1210. The largest absolute Gasteiger partial charge is 0.456 e. The van der Waals surface area contributed by atoms with Crippen LogP contribution in [0.3, 0.4) is 0 Å². The molecule has 2 heterocycles. The van der Waals surface area contributed by atoms with Crippen LogP contribution in [0.5, 0.6) is 0 Å². The molecule has 5 aromatic rings. The standard InChI is InChI=1S/C25H17NO/c1-2-7-18(8-3-1)19-12-13-22-17-25(27-24(22)16-19)21-10-6-9-20(15-21)23-11-4-5-14-26-23/h1-17H. The Morgan fingerprint density at radius 1 is 0.556 bits per heavy atom. The topological polar surface area (TPSA) is 26.0 Å². The van der Waals surface area contributed by atoms with Gasteiger partial charge in [0, 0.05) is 22.7 Å². The van der Waals surface area contributed by atoms with Crippen LogP contribution in [-0.4, -0.2) is 4.98 Å². The van der Waals surface area contributed by atoms with E-state index in [0.29, 0.717) is 0 Å². The lowest BCUT2D eigenvalue weighted by Gasteiger charge is -2.03. The van der Waals surface area contributed by atoms with Crippen molar-refractivity contribution < 1.29 is 4.42 Å². The van der Waals surface area contributed by atoms with Crippen LogP contribution < -0.4 is 0 Å².